The highest BCUT2D eigenvalue weighted by atomic mass is 16.4. The SMILES string of the molecule is CCCCN1CC[C@H](C(=O)O)C1=O. The molecule has 0 spiro atoms. The van der Waals surface area contributed by atoms with Gasteiger partial charge in [-0.25, -0.2) is 0 Å². The van der Waals surface area contributed by atoms with Gasteiger partial charge >= 0.3 is 5.97 Å². The Morgan fingerprint density at radius 1 is 1.69 bits per heavy atom. The summed E-state index contributed by atoms with van der Waals surface area (Å²) in [7, 11) is 0. The monoisotopic (exact) mass is 185 g/mol. The van der Waals surface area contributed by atoms with Crippen LogP contribution in [0, 0.1) is 5.92 Å². The second-order valence-electron chi connectivity index (χ2n) is 3.36. The van der Waals surface area contributed by atoms with Crippen molar-refractivity contribution in [3.05, 3.63) is 0 Å². The fourth-order valence-electron chi connectivity index (χ4n) is 1.54. The van der Waals surface area contributed by atoms with Crippen molar-refractivity contribution in [3.8, 4) is 0 Å². The highest BCUT2D eigenvalue weighted by molar-refractivity contribution is 5.98. The van der Waals surface area contributed by atoms with Gasteiger partial charge in [0.15, 0.2) is 0 Å². The van der Waals surface area contributed by atoms with Crippen LogP contribution in [0.4, 0.5) is 0 Å². The molecule has 0 aromatic heterocycles. The van der Waals surface area contributed by atoms with Gasteiger partial charge in [-0.3, -0.25) is 9.59 Å². The van der Waals surface area contributed by atoms with Crippen molar-refractivity contribution in [3.63, 3.8) is 0 Å². The van der Waals surface area contributed by atoms with Crippen LogP contribution < -0.4 is 0 Å². The molecule has 1 fully saturated rings. The van der Waals surface area contributed by atoms with E-state index < -0.39 is 11.9 Å². The molecule has 0 aromatic carbocycles. The number of rotatable bonds is 4. The van der Waals surface area contributed by atoms with Gasteiger partial charge in [0.2, 0.25) is 5.91 Å². The van der Waals surface area contributed by atoms with E-state index in [1.165, 1.54) is 0 Å². The third-order valence-electron chi connectivity index (χ3n) is 2.38. The van der Waals surface area contributed by atoms with Crippen molar-refractivity contribution in [2.75, 3.05) is 13.1 Å². The first-order chi connectivity index (χ1) is 6.16. The lowest BCUT2D eigenvalue weighted by Gasteiger charge is -2.14. The third-order valence-corrected chi connectivity index (χ3v) is 2.38. The minimum atomic E-state index is -0.982. The molecule has 1 aliphatic heterocycles. The molecule has 1 N–H and O–H groups in total. The average molecular weight is 185 g/mol. The van der Waals surface area contributed by atoms with Crippen LogP contribution in [0.3, 0.4) is 0 Å². The van der Waals surface area contributed by atoms with Crippen molar-refractivity contribution in [2.24, 2.45) is 5.92 Å². The number of carbonyl (C=O) groups excluding carboxylic acids is 1. The quantitative estimate of drug-likeness (QED) is 0.656. The van der Waals surface area contributed by atoms with Crippen molar-refractivity contribution in [1.29, 1.82) is 0 Å². The third kappa shape index (κ3) is 2.20. The fourth-order valence-corrected chi connectivity index (χ4v) is 1.54. The van der Waals surface area contributed by atoms with Crippen molar-refractivity contribution in [2.45, 2.75) is 26.2 Å². The summed E-state index contributed by atoms with van der Waals surface area (Å²) in [4.78, 5) is 23.6. The fraction of sp³-hybridized carbons (Fsp3) is 0.778. The molecule has 0 aromatic rings. The standard InChI is InChI=1S/C9H15NO3/c1-2-3-5-10-6-4-7(8(10)11)9(12)13/h7H,2-6H2,1H3,(H,12,13)/t7-/m0/s1. The van der Waals surface area contributed by atoms with Gasteiger partial charge < -0.3 is 10.0 Å². The lowest BCUT2D eigenvalue weighted by molar-refractivity contribution is -0.147. The van der Waals surface area contributed by atoms with Crippen molar-refractivity contribution in [1.82, 2.24) is 4.90 Å². The molecule has 1 atom stereocenters. The lowest BCUT2D eigenvalue weighted by atomic mass is 10.1. The zero-order valence-electron chi connectivity index (χ0n) is 7.82. The van der Waals surface area contributed by atoms with Gasteiger partial charge in [0.05, 0.1) is 0 Å². The Hall–Kier alpha value is -1.06. The predicted octanol–water partition coefficient (Wildman–Crippen LogP) is 0.720. The topological polar surface area (TPSA) is 57.6 Å². The minimum Gasteiger partial charge on any atom is -0.481 e. The van der Waals surface area contributed by atoms with E-state index in [0.29, 0.717) is 19.5 Å². The van der Waals surface area contributed by atoms with E-state index in [1.807, 2.05) is 0 Å². The molecule has 1 amide bonds. The second kappa shape index (κ2) is 4.25. The molecule has 13 heavy (non-hydrogen) atoms. The maximum absolute atomic E-state index is 11.4. The van der Waals surface area contributed by atoms with Crippen LogP contribution in [0.25, 0.3) is 0 Å². The number of unbranched alkanes of at least 4 members (excludes halogenated alkanes) is 1. The summed E-state index contributed by atoms with van der Waals surface area (Å²) in [5.74, 6) is -1.97. The van der Waals surface area contributed by atoms with Gasteiger partial charge in [-0.2, -0.15) is 0 Å². The van der Waals surface area contributed by atoms with Crippen molar-refractivity contribution < 1.29 is 14.7 Å². The molecule has 0 saturated carbocycles. The van der Waals surface area contributed by atoms with Crippen LogP contribution in [-0.2, 0) is 9.59 Å². The number of aliphatic carboxylic acids is 1. The summed E-state index contributed by atoms with van der Waals surface area (Å²) in [5.41, 5.74) is 0. The number of amides is 1. The van der Waals surface area contributed by atoms with E-state index in [2.05, 4.69) is 6.92 Å². The number of nitrogens with zero attached hydrogens (tertiary/aromatic N) is 1. The summed E-state index contributed by atoms with van der Waals surface area (Å²) < 4.78 is 0. The molecule has 1 aliphatic rings. The van der Waals surface area contributed by atoms with E-state index in [0.717, 1.165) is 12.8 Å². The summed E-state index contributed by atoms with van der Waals surface area (Å²) in [6.07, 6.45) is 2.46. The predicted molar refractivity (Wildman–Crippen MR) is 47.2 cm³/mol. The molecule has 1 rings (SSSR count). The molecule has 1 heterocycles. The Labute approximate surface area is 77.5 Å². The highest BCUT2D eigenvalue weighted by Gasteiger charge is 2.36. The zero-order valence-corrected chi connectivity index (χ0v) is 7.82. The number of carboxylic acid groups (broad SMARTS) is 1. The largest absolute Gasteiger partial charge is 0.481 e. The molecule has 4 heteroatoms. The van der Waals surface area contributed by atoms with E-state index in [1.54, 1.807) is 4.90 Å². The van der Waals surface area contributed by atoms with E-state index in [4.69, 9.17) is 5.11 Å². The van der Waals surface area contributed by atoms with E-state index in [9.17, 15) is 9.59 Å². The first-order valence-electron chi connectivity index (χ1n) is 4.68. The molecule has 0 radical (unpaired) electrons. The summed E-state index contributed by atoms with van der Waals surface area (Å²) in [6, 6.07) is 0. The second-order valence-corrected chi connectivity index (χ2v) is 3.36. The van der Waals surface area contributed by atoms with Gasteiger partial charge in [0, 0.05) is 13.1 Å². The normalized spacial score (nSPS) is 22.4. The van der Waals surface area contributed by atoms with Crippen LogP contribution in [0.1, 0.15) is 26.2 Å². The Morgan fingerprint density at radius 3 is 2.85 bits per heavy atom. The van der Waals surface area contributed by atoms with Gasteiger partial charge in [0.25, 0.3) is 0 Å². The highest BCUT2D eigenvalue weighted by Crippen LogP contribution is 2.18. The number of hydrogen-bond acceptors (Lipinski definition) is 2. The van der Waals surface area contributed by atoms with E-state index in [-0.39, 0.29) is 5.91 Å². The lowest BCUT2D eigenvalue weighted by Crippen LogP contribution is -2.30. The van der Waals surface area contributed by atoms with Crippen LogP contribution in [-0.4, -0.2) is 35.0 Å². The summed E-state index contributed by atoms with van der Waals surface area (Å²) in [6.45, 7) is 3.37. The molecular formula is C9H15NO3. The summed E-state index contributed by atoms with van der Waals surface area (Å²) in [5, 5.41) is 8.68. The molecule has 4 nitrogen and oxygen atoms in total. The minimum absolute atomic E-state index is 0.207. The molecule has 1 saturated heterocycles. The van der Waals surface area contributed by atoms with Crippen LogP contribution in [0.2, 0.25) is 0 Å². The maximum Gasteiger partial charge on any atom is 0.316 e. The smallest absolute Gasteiger partial charge is 0.316 e. The summed E-state index contributed by atoms with van der Waals surface area (Å²) >= 11 is 0. The molecular weight excluding hydrogens is 170 g/mol. The Balaban J connectivity index is 2.45. The van der Waals surface area contributed by atoms with E-state index >= 15 is 0 Å². The number of hydrogen-bond donors (Lipinski definition) is 1. The average Bonchev–Trinajstić information content (AvgIpc) is 2.43. The van der Waals surface area contributed by atoms with Gasteiger partial charge in [-0.1, -0.05) is 13.3 Å². The Morgan fingerprint density at radius 2 is 2.38 bits per heavy atom. The van der Waals surface area contributed by atoms with Gasteiger partial charge in [-0.15, -0.1) is 0 Å². The van der Waals surface area contributed by atoms with Crippen LogP contribution in [0.5, 0.6) is 0 Å². The van der Waals surface area contributed by atoms with Gasteiger partial charge in [0.1, 0.15) is 5.92 Å². The Kier molecular flexibility index (Phi) is 3.28. The molecule has 0 unspecified atom stereocenters. The van der Waals surface area contributed by atoms with Crippen LogP contribution >= 0.6 is 0 Å². The molecule has 0 aliphatic carbocycles. The number of carbonyl (C=O) groups is 2. The number of likely N-dealkylation sites (tertiary alicyclic amines) is 1. The molecule has 74 valence electrons. The number of carboxylic acids is 1. The first kappa shape index (κ1) is 10.0. The Bertz CT molecular complexity index is 215. The van der Waals surface area contributed by atoms with Crippen LogP contribution in [0.15, 0.2) is 0 Å². The molecule has 0 bridgehead atoms. The van der Waals surface area contributed by atoms with Crippen molar-refractivity contribution >= 4 is 11.9 Å². The first-order valence-corrected chi connectivity index (χ1v) is 4.68. The van der Waals surface area contributed by atoms with Gasteiger partial charge in [-0.05, 0) is 12.8 Å². The zero-order chi connectivity index (χ0) is 9.84. The maximum atomic E-state index is 11.4.